The normalized spacial score (nSPS) is 18.0. The Morgan fingerprint density at radius 1 is 1.36 bits per heavy atom. The highest BCUT2D eigenvalue weighted by molar-refractivity contribution is 8.01. The molecular formula is C14H13Cl2NO4S. The van der Waals surface area contributed by atoms with Crippen LogP contribution in [0, 0.1) is 0 Å². The van der Waals surface area contributed by atoms with Crippen LogP contribution in [0.25, 0.3) is 0 Å². The van der Waals surface area contributed by atoms with Crippen LogP contribution in [-0.2, 0) is 19.1 Å². The minimum atomic E-state index is -0.591. The molecule has 0 radical (unpaired) electrons. The molecule has 0 N–H and O–H groups in total. The third kappa shape index (κ3) is 3.74. The number of imide groups is 1. The van der Waals surface area contributed by atoms with E-state index in [1.54, 1.807) is 13.0 Å². The summed E-state index contributed by atoms with van der Waals surface area (Å²) in [7, 11) is 0. The van der Waals surface area contributed by atoms with E-state index < -0.39 is 11.2 Å². The average molecular weight is 362 g/mol. The van der Waals surface area contributed by atoms with Gasteiger partial charge < -0.3 is 4.74 Å². The van der Waals surface area contributed by atoms with Crippen molar-refractivity contribution in [2.75, 3.05) is 17.3 Å². The molecule has 118 valence electrons. The van der Waals surface area contributed by atoms with Crippen molar-refractivity contribution < 1.29 is 19.1 Å². The van der Waals surface area contributed by atoms with Crippen molar-refractivity contribution in [3.8, 4) is 0 Å². The van der Waals surface area contributed by atoms with Crippen molar-refractivity contribution in [1.29, 1.82) is 0 Å². The van der Waals surface area contributed by atoms with E-state index in [1.165, 1.54) is 12.1 Å². The van der Waals surface area contributed by atoms with Gasteiger partial charge in [-0.25, -0.2) is 4.90 Å². The first-order chi connectivity index (χ1) is 10.4. The molecule has 1 aromatic rings. The fourth-order valence-electron chi connectivity index (χ4n) is 2.00. The number of rotatable bonds is 5. The van der Waals surface area contributed by atoms with Crippen LogP contribution in [0.3, 0.4) is 0 Å². The quantitative estimate of drug-likeness (QED) is 0.595. The van der Waals surface area contributed by atoms with Crippen LogP contribution in [-0.4, -0.2) is 35.4 Å². The highest BCUT2D eigenvalue weighted by Gasteiger charge is 2.40. The molecule has 1 saturated heterocycles. The molecule has 0 saturated carbocycles. The lowest BCUT2D eigenvalue weighted by Crippen LogP contribution is -2.31. The topological polar surface area (TPSA) is 63.7 Å². The van der Waals surface area contributed by atoms with E-state index in [9.17, 15) is 14.4 Å². The number of carbonyl (C=O) groups excluding carboxylic acids is 3. The van der Waals surface area contributed by atoms with Gasteiger partial charge in [-0.1, -0.05) is 23.2 Å². The standard InChI is InChI=1S/C14H13Cl2NO4S/c1-2-21-13(19)7-22-11-6-12(18)17(14(11)20)8-3-4-9(15)10(16)5-8/h3-5,11H,2,6-7H2,1H3/t11-/m0/s1. The predicted octanol–water partition coefficient (Wildman–Crippen LogP) is 2.92. The summed E-state index contributed by atoms with van der Waals surface area (Å²) < 4.78 is 4.80. The van der Waals surface area contributed by atoms with Crippen LogP contribution >= 0.6 is 35.0 Å². The Morgan fingerprint density at radius 3 is 2.73 bits per heavy atom. The Kier molecular flexibility index (Phi) is 5.72. The number of esters is 1. The van der Waals surface area contributed by atoms with E-state index in [-0.39, 0.29) is 35.6 Å². The summed E-state index contributed by atoms with van der Waals surface area (Å²) in [6.45, 7) is 1.99. The van der Waals surface area contributed by atoms with E-state index in [2.05, 4.69) is 0 Å². The molecule has 1 aliphatic heterocycles. The van der Waals surface area contributed by atoms with Crippen molar-refractivity contribution in [2.45, 2.75) is 18.6 Å². The van der Waals surface area contributed by atoms with Gasteiger partial charge in [0.25, 0.3) is 0 Å². The number of ether oxygens (including phenoxy) is 1. The third-order valence-corrected chi connectivity index (χ3v) is 4.89. The summed E-state index contributed by atoms with van der Waals surface area (Å²) in [6.07, 6.45) is 0.0448. The van der Waals surface area contributed by atoms with Crippen LogP contribution in [0.5, 0.6) is 0 Å². The van der Waals surface area contributed by atoms with Gasteiger partial charge in [0.1, 0.15) is 0 Å². The first kappa shape index (κ1) is 17.1. The number of hydrogen-bond donors (Lipinski definition) is 0. The van der Waals surface area contributed by atoms with Crippen molar-refractivity contribution in [3.05, 3.63) is 28.2 Å². The van der Waals surface area contributed by atoms with Crippen LogP contribution in [0.4, 0.5) is 5.69 Å². The molecule has 1 fully saturated rings. The summed E-state index contributed by atoms with van der Waals surface area (Å²) in [5.41, 5.74) is 0.378. The Bertz CT molecular complexity index is 623. The molecule has 1 aromatic carbocycles. The third-order valence-electron chi connectivity index (χ3n) is 2.97. The van der Waals surface area contributed by atoms with Gasteiger partial charge in [-0.05, 0) is 25.1 Å². The van der Waals surface area contributed by atoms with Crippen molar-refractivity contribution >= 4 is 58.4 Å². The molecular weight excluding hydrogens is 349 g/mol. The summed E-state index contributed by atoms with van der Waals surface area (Å²) >= 11 is 12.8. The van der Waals surface area contributed by atoms with Crippen LogP contribution in [0.1, 0.15) is 13.3 Å². The van der Waals surface area contributed by atoms with Crippen molar-refractivity contribution in [3.63, 3.8) is 0 Å². The number of benzene rings is 1. The Labute approximate surface area is 141 Å². The summed E-state index contributed by atoms with van der Waals surface area (Å²) in [5, 5.41) is 0.0199. The SMILES string of the molecule is CCOC(=O)CS[C@H]1CC(=O)N(c2ccc(Cl)c(Cl)c2)C1=O. The Hall–Kier alpha value is -1.24. The molecule has 1 aliphatic rings. The molecule has 0 spiro atoms. The number of anilines is 1. The van der Waals surface area contributed by atoms with E-state index in [0.717, 1.165) is 16.7 Å². The number of amides is 2. The largest absolute Gasteiger partial charge is 0.465 e. The maximum absolute atomic E-state index is 12.3. The average Bonchev–Trinajstić information content (AvgIpc) is 2.75. The molecule has 1 heterocycles. The second-order valence-electron chi connectivity index (χ2n) is 4.47. The Balaban J connectivity index is 2.08. The lowest BCUT2D eigenvalue weighted by molar-refractivity contribution is -0.139. The van der Waals surface area contributed by atoms with E-state index in [1.807, 2.05) is 0 Å². The first-order valence-corrected chi connectivity index (χ1v) is 8.33. The molecule has 2 rings (SSSR count). The predicted molar refractivity (Wildman–Crippen MR) is 86.5 cm³/mol. The lowest BCUT2D eigenvalue weighted by atomic mass is 10.3. The number of carbonyl (C=O) groups is 3. The molecule has 1 atom stereocenters. The van der Waals surface area contributed by atoms with Gasteiger partial charge in [-0.3, -0.25) is 14.4 Å². The number of nitrogens with zero attached hydrogens (tertiary/aromatic N) is 1. The second kappa shape index (κ2) is 7.35. The molecule has 22 heavy (non-hydrogen) atoms. The number of hydrogen-bond acceptors (Lipinski definition) is 5. The smallest absolute Gasteiger partial charge is 0.315 e. The van der Waals surface area contributed by atoms with Crippen LogP contribution in [0.2, 0.25) is 10.0 Å². The van der Waals surface area contributed by atoms with Crippen molar-refractivity contribution in [2.24, 2.45) is 0 Å². The zero-order chi connectivity index (χ0) is 16.3. The minimum absolute atomic E-state index is 0.0345. The van der Waals surface area contributed by atoms with E-state index in [0.29, 0.717) is 10.7 Å². The molecule has 0 aromatic heterocycles. The first-order valence-electron chi connectivity index (χ1n) is 6.53. The number of thioether (sulfide) groups is 1. The lowest BCUT2D eigenvalue weighted by Gasteiger charge is -2.15. The number of halogens is 2. The molecule has 2 amide bonds. The van der Waals surface area contributed by atoms with Gasteiger partial charge in [0, 0.05) is 6.42 Å². The zero-order valence-electron chi connectivity index (χ0n) is 11.7. The van der Waals surface area contributed by atoms with Crippen LogP contribution in [0.15, 0.2) is 18.2 Å². The highest BCUT2D eigenvalue weighted by Crippen LogP contribution is 2.33. The molecule has 0 unspecified atom stereocenters. The fraction of sp³-hybridized carbons (Fsp3) is 0.357. The highest BCUT2D eigenvalue weighted by atomic mass is 35.5. The van der Waals surface area contributed by atoms with E-state index in [4.69, 9.17) is 27.9 Å². The minimum Gasteiger partial charge on any atom is -0.465 e. The zero-order valence-corrected chi connectivity index (χ0v) is 14.0. The molecule has 8 heteroatoms. The summed E-state index contributed by atoms with van der Waals surface area (Å²) in [6, 6.07) is 4.55. The van der Waals surface area contributed by atoms with Gasteiger partial charge in [0.2, 0.25) is 11.8 Å². The molecule has 0 aliphatic carbocycles. The summed E-state index contributed by atoms with van der Waals surface area (Å²) in [5.74, 6) is -1.06. The summed E-state index contributed by atoms with van der Waals surface area (Å²) in [4.78, 5) is 36.8. The molecule has 5 nitrogen and oxygen atoms in total. The van der Waals surface area contributed by atoms with Gasteiger partial charge in [0.05, 0.1) is 33.3 Å². The van der Waals surface area contributed by atoms with Gasteiger partial charge in [-0.2, -0.15) is 0 Å². The Morgan fingerprint density at radius 2 is 2.09 bits per heavy atom. The maximum Gasteiger partial charge on any atom is 0.315 e. The van der Waals surface area contributed by atoms with Gasteiger partial charge in [0.15, 0.2) is 0 Å². The fourth-order valence-corrected chi connectivity index (χ4v) is 3.22. The van der Waals surface area contributed by atoms with Gasteiger partial charge in [-0.15, -0.1) is 11.8 Å². The second-order valence-corrected chi connectivity index (χ2v) is 6.48. The monoisotopic (exact) mass is 361 g/mol. The van der Waals surface area contributed by atoms with Gasteiger partial charge >= 0.3 is 5.97 Å². The molecule has 0 bridgehead atoms. The van der Waals surface area contributed by atoms with Crippen LogP contribution < -0.4 is 4.90 Å². The van der Waals surface area contributed by atoms with E-state index >= 15 is 0 Å². The maximum atomic E-state index is 12.3. The van der Waals surface area contributed by atoms with Crippen molar-refractivity contribution in [1.82, 2.24) is 0 Å².